The molecule has 0 spiro atoms. The largest absolute Gasteiger partial charge is 0.320 e. The van der Waals surface area contributed by atoms with Crippen molar-refractivity contribution in [1.29, 1.82) is 0 Å². The van der Waals surface area contributed by atoms with Crippen LogP contribution in [0.5, 0.6) is 0 Å². The van der Waals surface area contributed by atoms with Gasteiger partial charge in [-0.05, 0) is 13.3 Å². The van der Waals surface area contributed by atoms with Gasteiger partial charge in [-0.2, -0.15) is 0 Å². The summed E-state index contributed by atoms with van der Waals surface area (Å²) in [4.78, 5) is 15.6. The fourth-order valence-corrected chi connectivity index (χ4v) is 0.661. The van der Waals surface area contributed by atoms with Crippen LogP contribution in [0, 0.1) is 0 Å². The third-order valence-electron chi connectivity index (χ3n) is 1.25. The molecule has 66 valence electrons. The van der Waals surface area contributed by atoms with Crippen LogP contribution in [0.25, 0.3) is 0 Å². The normalized spacial score (nSPS) is 12.6. The van der Waals surface area contributed by atoms with Gasteiger partial charge in [0.05, 0.1) is 12.6 Å². The van der Waals surface area contributed by atoms with Gasteiger partial charge in [0.25, 0.3) is 5.91 Å². The second-order valence-corrected chi connectivity index (χ2v) is 2.29. The topological polar surface area (TPSA) is 64.4 Å². The summed E-state index contributed by atoms with van der Waals surface area (Å²) in [5, 5.41) is 0. The van der Waals surface area contributed by atoms with Gasteiger partial charge in [0, 0.05) is 0 Å². The SMILES string of the molecule is CCCC(N)C(=O)NOCC. The summed E-state index contributed by atoms with van der Waals surface area (Å²) in [6.07, 6.45) is 1.60. The van der Waals surface area contributed by atoms with Crippen molar-refractivity contribution in [3.63, 3.8) is 0 Å². The summed E-state index contributed by atoms with van der Waals surface area (Å²) in [5.74, 6) is -0.242. The Morgan fingerprint density at radius 3 is 2.73 bits per heavy atom. The Morgan fingerprint density at radius 1 is 1.64 bits per heavy atom. The van der Waals surface area contributed by atoms with E-state index in [2.05, 4.69) is 10.3 Å². The highest BCUT2D eigenvalue weighted by Gasteiger charge is 2.10. The van der Waals surface area contributed by atoms with Gasteiger partial charge in [0.2, 0.25) is 0 Å². The second-order valence-electron chi connectivity index (χ2n) is 2.29. The zero-order chi connectivity index (χ0) is 8.69. The lowest BCUT2D eigenvalue weighted by Crippen LogP contribution is -2.40. The lowest BCUT2D eigenvalue weighted by atomic mass is 10.2. The molecule has 0 aliphatic heterocycles. The first kappa shape index (κ1) is 10.4. The summed E-state index contributed by atoms with van der Waals surface area (Å²) < 4.78 is 0. The van der Waals surface area contributed by atoms with Gasteiger partial charge in [0.15, 0.2) is 0 Å². The molecule has 0 bridgehead atoms. The molecule has 0 aromatic carbocycles. The van der Waals surface area contributed by atoms with Gasteiger partial charge in [0.1, 0.15) is 0 Å². The average molecular weight is 160 g/mol. The van der Waals surface area contributed by atoms with Crippen molar-refractivity contribution in [2.24, 2.45) is 5.73 Å². The molecule has 4 nitrogen and oxygen atoms in total. The average Bonchev–Trinajstić information content (AvgIpc) is 2.00. The summed E-state index contributed by atoms with van der Waals surface area (Å²) in [5.41, 5.74) is 7.73. The van der Waals surface area contributed by atoms with Gasteiger partial charge in [-0.1, -0.05) is 13.3 Å². The maximum absolute atomic E-state index is 10.9. The van der Waals surface area contributed by atoms with Gasteiger partial charge in [-0.15, -0.1) is 0 Å². The Kier molecular flexibility index (Phi) is 5.78. The van der Waals surface area contributed by atoms with Crippen molar-refractivity contribution in [3.8, 4) is 0 Å². The van der Waals surface area contributed by atoms with Gasteiger partial charge < -0.3 is 5.73 Å². The number of nitrogens with two attached hydrogens (primary N) is 1. The molecule has 0 saturated heterocycles. The Balaban J connectivity index is 3.47. The Bertz CT molecular complexity index is 117. The van der Waals surface area contributed by atoms with Crippen LogP contribution in [0.2, 0.25) is 0 Å². The number of amides is 1. The predicted molar refractivity (Wildman–Crippen MR) is 42.7 cm³/mol. The van der Waals surface area contributed by atoms with Crippen LogP contribution in [-0.4, -0.2) is 18.6 Å². The van der Waals surface area contributed by atoms with E-state index in [9.17, 15) is 4.79 Å². The number of carbonyl (C=O) groups is 1. The van der Waals surface area contributed by atoms with E-state index in [1.165, 1.54) is 0 Å². The summed E-state index contributed by atoms with van der Waals surface area (Å²) in [6.45, 7) is 4.24. The predicted octanol–water partition coefficient (Wildman–Crippen LogP) is 0.182. The van der Waals surface area contributed by atoms with E-state index < -0.39 is 6.04 Å². The molecule has 1 atom stereocenters. The van der Waals surface area contributed by atoms with Crippen molar-refractivity contribution in [2.45, 2.75) is 32.7 Å². The van der Waals surface area contributed by atoms with Crippen molar-refractivity contribution >= 4 is 5.91 Å². The molecule has 11 heavy (non-hydrogen) atoms. The molecule has 0 saturated carbocycles. The van der Waals surface area contributed by atoms with Crippen molar-refractivity contribution in [1.82, 2.24) is 5.48 Å². The number of nitrogens with one attached hydrogen (secondary N) is 1. The molecule has 0 heterocycles. The third kappa shape index (κ3) is 4.75. The first-order valence-electron chi connectivity index (χ1n) is 3.89. The number of hydrogen-bond donors (Lipinski definition) is 2. The number of rotatable bonds is 5. The van der Waals surface area contributed by atoms with Crippen molar-refractivity contribution in [3.05, 3.63) is 0 Å². The minimum atomic E-state index is -0.438. The summed E-state index contributed by atoms with van der Waals surface area (Å²) >= 11 is 0. The van der Waals surface area contributed by atoms with Crippen molar-refractivity contribution < 1.29 is 9.63 Å². The maximum atomic E-state index is 10.9. The second kappa shape index (κ2) is 6.12. The zero-order valence-electron chi connectivity index (χ0n) is 7.09. The molecule has 0 aromatic heterocycles. The molecule has 0 aromatic rings. The quantitative estimate of drug-likeness (QED) is 0.564. The molecule has 4 heteroatoms. The molecular weight excluding hydrogens is 144 g/mol. The van der Waals surface area contributed by atoms with Gasteiger partial charge in [-0.3, -0.25) is 9.63 Å². The molecule has 0 aliphatic carbocycles. The summed E-state index contributed by atoms with van der Waals surface area (Å²) in [6, 6.07) is -0.438. The fourth-order valence-electron chi connectivity index (χ4n) is 0.661. The van der Waals surface area contributed by atoms with Crippen LogP contribution >= 0.6 is 0 Å². The highest BCUT2D eigenvalue weighted by atomic mass is 16.6. The van der Waals surface area contributed by atoms with E-state index in [1.54, 1.807) is 6.92 Å². The van der Waals surface area contributed by atoms with Crippen molar-refractivity contribution in [2.75, 3.05) is 6.61 Å². The molecular formula is C7H16N2O2. The molecule has 1 unspecified atom stereocenters. The number of carbonyl (C=O) groups excluding carboxylic acids is 1. The van der Waals surface area contributed by atoms with E-state index in [-0.39, 0.29) is 5.91 Å². The van der Waals surface area contributed by atoms with Crippen LogP contribution in [0.1, 0.15) is 26.7 Å². The third-order valence-corrected chi connectivity index (χ3v) is 1.25. The van der Waals surface area contributed by atoms with Gasteiger partial charge >= 0.3 is 0 Å². The Hall–Kier alpha value is -0.610. The zero-order valence-corrected chi connectivity index (χ0v) is 7.09. The van der Waals surface area contributed by atoms with E-state index in [0.717, 1.165) is 6.42 Å². The monoisotopic (exact) mass is 160 g/mol. The van der Waals surface area contributed by atoms with Crippen LogP contribution < -0.4 is 11.2 Å². The van der Waals surface area contributed by atoms with E-state index in [0.29, 0.717) is 13.0 Å². The minimum absolute atomic E-state index is 0.242. The Labute approximate surface area is 67.0 Å². The van der Waals surface area contributed by atoms with Gasteiger partial charge in [-0.25, -0.2) is 5.48 Å². The number of hydrogen-bond acceptors (Lipinski definition) is 3. The smallest absolute Gasteiger partial charge is 0.260 e. The fraction of sp³-hybridized carbons (Fsp3) is 0.857. The van der Waals surface area contributed by atoms with Crippen LogP contribution in [0.15, 0.2) is 0 Å². The molecule has 1 amide bonds. The highest BCUT2D eigenvalue weighted by Crippen LogP contribution is 1.92. The summed E-state index contributed by atoms with van der Waals surface area (Å²) in [7, 11) is 0. The highest BCUT2D eigenvalue weighted by molar-refractivity contribution is 5.80. The maximum Gasteiger partial charge on any atom is 0.260 e. The molecule has 0 fully saturated rings. The van der Waals surface area contributed by atoms with E-state index >= 15 is 0 Å². The Morgan fingerprint density at radius 2 is 2.27 bits per heavy atom. The van der Waals surface area contributed by atoms with E-state index in [4.69, 9.17) is 5.73 Å². The molecule has 0 radical (unpaired) electrons. The van der Waals surface area contributed by atoms with Crippen LogP contribution in [0.4, 0.5) is 0 Å². The lowest BCUT2D eigenvalue weighted by Gasteiger charge is -2.09. The number of hydroxylamine groups is 1. The molecule has 0 rings (SSSR count). The standard InChI is InChI=1S/C7H16N2O2/c1-3-5-6(8)7(10)9-11-4-2/h6H,3-5,8H2,1-2H3,(H,9,10). The first-order chi connectivity index (χ1) is 5.22. The van der Waals surface area contributed by atoms with E-state index in [1.807, 2.05) is 6.92 Å². The first-order valence-corrected chi connectivity index (χ1v) is 3.89. The molecule has 0 aliphatic rings. The van der Waals surface area contributed by atoms with Crippen LogP contribution in [0.3, 0.4) is 0 Å². The van der Waals surface area contributed by atoms with Crippen LogP contribution in [-0.2, 0) is 9.63 Å². The minimum Gasteiger partial charge on any atom is -0.320 e. The molecule has 3 N–H and O–H groups in total. The lowest BCUT2D eigenvalue weighted by molar-refractivity contribution is -0.134.